The Labute approximate surface area is 164 Å². The van der Waals surface area contributed by atoms with Crippen LogP contribution in [-0.2, 0) is 19.1 Å². The molecule has 0 fully saturated rings. The van der Waals surface area contributed by atoms with Gasteiger partial charge >= 0.3 is 11.9 Å². The lowest BCUT2D eigenvalue weighted by atomic mass is 10.5. The first kappa shape index (κ1) is 18.5. The van der Waals surface area contributed by atoms with Gasteiger partial charge in [0.15, 0.2) is 0 Å². The maximum Gasteiger partial charge on any atom is 0.346 e. The zero-order valence-corrected chi connectivity index (χ0v) is 17.3. The second-order valence-corrected chi connectivity index (χ2v) is 10.8. The normalized spacial score (nSPS) is 19.9. The molecule has 0 saturated carbocycles. The van der Waals surface area contributed by atoms with E-state index in [-0.39, 0.29) is 9.81 Å². The number of ether oxygens (including phenoxy) is 2. The molecule has 0 amide bonds. The quantitative estimate of drug-likeness (QED) is 0.549. The largest absolute Gasteiger partial charge is 0.465 e. The van der Waals surface area contributed by atoms with Gasteiger partial charge in [0.1, 0.15) is 9.81 Å². The van der Waals surface area contributed by atoms with Gasteiger partial charge in [-0.05, 0) is 22.3 Å². The van der Waals surface area contributed by atoms with Crippen molar-refractivity contribution in [3.63, 3.8) is 0 Å². The second kappa shape index (κ2) is 8.41. The van der Waals surface area contributed by atoms with Crippen LogP contribution in [-0.4, -0.2) is 26.2 Å². The van der Waals surface area contributed by atoms with Crippen molar-refractivity contribution in [2.45, 2.75) is 0 Å². The van der Waals surface area contributed by atoms with Crippen molar-refractivity contribution in [1.29, 1.82) is 0 Å². The fourth-order valence-corrected chi connectivity index (χ4v) is 8.57. The van der Waals surface area contributed by atoms with Crippen LogP contribution in [0.2, 0.25) is 0 Å². The fourth-order valence-electron chi connectivity index (χ4n) is 1.67. The van der Waals surface area contributed by atoms with E-state index in [1.165, 1.54) is 46.2 Å². The molecule has 0 aromatic heterocycles. The summed E-state index contributed by atoms with van der Waals surface area (Å²) < 4.78 is 12.9. The molecule has 24 heavy (non-hydrogen) atoms. The van der Waals surface area contributed by atoms with Gasteiger partial charge in [0, 0.05) is 4.91 Å². The van der Waals surface area contributed by atoms with E-state index in [1.807, 2.05) is 6.08 Å². The number of hydrogen-bond donors (Lipinski definition) is 0. The third-order valence-electron chi connectivity index (χ3n) is 2.68. The molecule has 3 heterocycles. The Morgan fingerprint density at radius 3 is 2.00 bits per heavy atom. The lowest BCUT2D eigenvalue weighted by Crippen LogP contribution is -2.08. The summed E-state index contributed by atoms with van der Waals surface area (Å²) in [5, 5.41) is 6.22. The van der Waals surface area contributed by atoms with Crippen LogP contribution < -0.4 is 0 Å². The highest BCUT2D eigenvalue weighted by atomic mass is 32.2. The van der Waals surface area contributed by atoms with Gasteiger partial charge in [-0.2, -0.15) is 0 Å². The Balaban J connectivity index is 1.73. The molecule has 3 aliphatic heterocycles. The number of methoxy groups -OCH3 is 2. The third kappa shape index (κ3) is 4.10. The molecule has 0 atom stereocenters. The van der Waals surface area contributed by atoms with Gasteiger partial charge in [0.05, 0.1) is 26.9 Å². The number of carbonyl (C=O) groups excluding carboxylic acids is 2. The van der Waals surface area contributed by atoms with Crippen LogP contribution in [0.1, 0.15) is 0 Å². The van der Waals surface area contributed by atoms with Crippen molar-refractivity contribution in [3.8, 4) is 0 Å². The minimum Gasteiger partial charge on any atom is -0.465 e. The van der Waals surface area contributed by atoms with Gasteiger partial charge in [-0.15, -0.1) is 0 Å². The maximum absolute atomic E-state index is 11.9. The average molecular weight is 435 g/mol. The molecule has 10 heteroatoms. The molecule has 126 valence electrons. The number of thioether (sulfide) groups is 6. The second-order valence-electron chi connectivity index (χ2n) is 4.13. The van der Waals surface area contributed by atoms with Crippen molar-refractivity contribution in [2.75, 3.05) is 14.2 Å². The molecule has 0 aliphatic carbocycles. The van der Waals surface area contributed by atoms with Crippen LogP contribution in [0.3, 0.4) is 0 Å². The molecule has 0 unspecified atom stereocenters. The Morgan fingerprint density at radius 2 is 1.46 bits per heavy atom. The zero-order valence-electron chi connectivity index (χ0n) is 12.4. The van der Waals surface area contributed by atoms with Crippen LogP contribution in [0.4, 0.5) is 0 Å². The fraction of sp³-hybridized carbons (Fsp3) is 0.143. The van der Waals surface area contributed by atoms with Gasteiger partial charge in [-0.3, -0.25) is 0 Å². The molecule has 3 aliphatic rings. The lowest BCUT2D eigenvalue weighted by Gasteiger charge is -2.01. The number of hydrogen-bond acceptors (Lipinski definition) is 10. The Morgan fingerprint density at radius 1 is 0.875 bits per heavy atom. The summed E-state index contributed by atoms with van der Waals surface area (Å²) in [5.41, 5.74) is 0. The summed E-state index contributed by atoms with van der Waals surface area (Å²) >= 11 is 9.32. The van der Waals surface area contributed by atoms with Crippen molar-refractivity contribution >= 4 is 82.5 Å². The van der Waals surface area contributed by atoms with Gasteiger partial charge in [0.2, 0.25) is 0 Å². The SMILES string of the molecule is COC(=O)C1=C(C(=O)OC)SC(=CC2=CSC(=C3SC=CS3)S2)S1. The van der Waals surface area contributed by atoms with Crippen LogP contribution in [0.5, 0.6) is 0 Å². The van der Waals surface area contributed by atoms with E-state index >= 15 is 0 Å². The summed E-state index contributed by atoms with van der Waals surface area (Å²) in [6.07, 6.45) is 1.98. The summed E-state index contributed by atoms with van der Waals surface area (Å²) in [5.74, 6) is -1.04. The molecule has 0 saturated heterocycles. The molecule has 0 aromatic rings. The predicted octanol–water partition coefficient (Wildman–Crippen LogP) is 5.26. The van der Waals surface area contributed by atoms with E-state index < -0.39 is 11.9 Å². The standard InChI is InChI=1S/C14H10O4S6/c1-17-11(15)9-10(12(16)18-2)24-8(23-9)5-7-6-21-14(22-7)13-19-3-4-20-13/h3-6H,1-2H3. The minimum atomic E-state index is -0.522. The van der Waals surface area contributed by atoms with E-state index in [2.05, 4.69) is 16.2 Å². The summed E-state index contributed by atoms with van der Waals surface area (Å²) in [6, 6.07) is 0. The number of carbonyl (C=O) groups is 2. The molecular weight excluding hydrogens is 425 g/mol. The molecule has 0 radical (unpaired) electrons. The van der Waals surface area contributed by atoms with Crippen molar-refractivity contribution in [1.82, 2.24) is 0 Å². The first-order valence-corrected chi connectivity index (χ1v) is 11.5. The average Bonchev–Trinajstić information content (AvgIpc) is 3.33. The van der Waals surface area contributed by atoms with E-state index in [0.717, 1.165) is 9.14 Å². The highest BCUT2D eigenvalue weighted by Gasteiger charge is 2.32. The van der Waals surface area contributed by atoms with E-state index in [0.29, 0.717) is 0 Å². The molecule has 3 rings (SSSR count). The topological polar surface area (TPSA) is 52.6 Å². The van der Waals surface area contributed by atoms with Crippen molar-refractivity contribution in [2.24, 2.45) is 0 Å². The Kier molecular flexibility index (Phi) is 6.50. The Hall–Kier alpha value is -0.260. The molecule has 0 aromatic carbocycles. The third-order valence-corrected chi connectivity index (χ3v) is 10.1. The van der Waals surface area contributed by atoms with Crippen LogP contribution >= 0.6 is 70.6 Å². The van der Waals surface area contributed by atoms with Crippen molar-refractivity contribution < 1.29 is 19.1 Å². The molecule has 4 nitrogen and oxygen atoms in total. The number of esters is 2. The molecular formula is C14H10O4S6. The zero-order chi connectivity index (χ0) is 17.1. The minimum absolute atomic E-state index is 0.279. The van der Waals surface area contributed by atoms with Gasteiger partial charge in [-0.25, -0.2) is 9.59 Å². The van der Waals surface area contributed by atoms with E-state index in [1.54, 1.807) is 47.0 Å². The van der Waals surface area contributed by atoms with Crippen LogP contribution in [0.25, 0.3) is 0 Å². The number of rotatable bonds is 3. The molecule has 0 bridgehead atoms. The molecule has 0 N–H and O–H groups in total. The van der Waals surface area contributed by atoms with Crippen molar-refractivity contribution in [3.05, 3.63) is 49.7 Å². The van der Waals surface area contributed by atoms with E-state index in [4.69, 9.17) is 9.47 Å². The first-order valence-electron chi connectivity index (χ1n) is 6.38. The summed E-state index contributed by atoms with van der Waals surface area (Å²) in [4.78, 5) is 25.4. The monoisotopic (exact) mass is 434 g/mol. The number of allylic oxidation sites excluding steroid dienone is 1. The smallest absolute Gasteiger partial charge is 0.346 e. The molecule has 0 spiro atoms. The van der Waals surface area contributed by atoms with Crippen LogP contribution in [0, 0.1) is 0 Å². The van der Waals surface area contributed by atoms with Gasteiger partial charge < -0.3 is 9.47 Å². The van der Waals surface area contributed by atoms with E-state index in [9.17, 15) is 9.59 Å². The highest BCUT2D eigenvalue weighted by Crippen LogP contribution is 2.56. The van der Waals surface area contributed by atoms with Crippen LogP contribution in [0.15, 0.2) is 49.7 Å². The summed E-state index contributed by atoms with van der Waals surface area (Å²) in [7, 11) is 2.60. The summed E-state index contributed by atoms with van der Waals surface area (Å²) in [6.45, 7) is 0. The first-order chi connectivity index (χ1) is 11.6. The lowest BCUT2D eigenvalue weighted by molar-refractivity contribution is -0.138. The Bertz CT molecular complexity index is 706. The maximum atomic E-state index is 11.9. The van der Waals surface area contributed by atoms with Gasteiger partial charge in [-0.1, -0.05) is 70.6 Å². The highest BCUT2D eigenvalue weighted by molar-refractivity contribution is 8.33. The van der Waals surface area contributed by atoms with Gasteiger partial charge in [0.25, 0.3) is 0 Å². The predicted molar refractivity (Wildman–Crippen MR) is 109 cm³/mol.